The lowest BCUT2D eigenvalue weighted by molar-refractivity contribution is -0.138. The smallest absolute Gasteiger partial charge is 0.416 e. The number of hydrogen-bond acceptors (Lipinski definition) is 4. The van der Waals surface area contributed by atoms with Gasteiger partial charge < -0.3 is 4.74 Å². The number of ether oxygens (including phenoxy) is 1. The van der Waals surface area contributed by atoms with Crippen LogP contribution in [0.1, 0.15) is 27.0 Å². The third-order valence-corrected chi connectivity index (χ3v) is 3.63. The van der Waals surface area contributed by atoms with E-state index in [9.17, 15) is 41.7 Å². The maximum atomic E-state index is 12.6. The van der Waals surface area contributed by atoms with Crippen LogP contribution in [0.3, 0.4) is 0 Å². The van der Waals surface area contributed by atoms with Crippen LogP contribution >= 0.6 is 0 Å². The number of esters is 1. The molecule has 0 radical (unpaired) electrons. The van der Waals surface area contributed by atoms with Gasteiger partial charge in [0.15, 0.2) is 0 Å². The van der Waals surface area contributed by atoms with Crippen LogP contribution in [0.4, 0.5) is 26.3 Å². The normalized spacial score (nSPS) is 12.0. The highest BCUT2D eigenvalue weighted by molar-refractivity contribution is 5.90. The third kappa shape index (κ3) is 4.23. The quantitative estimate of drug-likeness (QED) is 0.549. The first-order valence-electron chi connectivity index (χ1n) is 7.34. The molecule has 28 heavy (non-hydrogen) atoms. The topological polar surface area (TPSA) is 73.9 Å². The minimum Gasteiger partial charge on any atom is -0.422 e. The molecule has 0 aliphatic carbocycles. The first kappa shape index (κ1) is 20.8. The molecule has 0 aliphatic heterocycles. The molecule has 2 rings (SSSR count). The van der Waals surface area contributed by atoms with E-state index >= 15 is 0 Å². The Labute approximate surface area is 154 Å². The van der Waals surface area contributed by atoms with Gasteiger partial charge in [0.05, 0.1) is 16.7 Å². The number of halogens is 6. The molecule has 0 atom stereocenters. The number of benzene rings is 2. The van der Waals surface area contributed by atoms with E-state index in [-0.39, 0.29) is 11.1 Å². The molecule has 4 nitrogen and oxygen atoms in total. The van der Waals surface area contributed by atoms with Crippen LogP contribution < -0.4 is 0 Å². The van der Waals surface area contributed by atoms with Crippen molar-refractivity contribution in [2.24, 2.45) is 0 Å². The van der Waals surface area contributed by atoms with E-state index in [4.69, 9.17) is 4.74 Å². The van der Waals surface area contributed by atoms with Crippen molar-refractivity contribution < 1.29 is 35.9 Å². The molecule has 0 amide bonds. The van der Waals surface area contributed by atoms with E-state index in [2.05, 4.69) is 0 Å². The lowest BCUT2D eigenvalue weighted by atomic mass is 9.95. The number of nitrogens with zero attached hydrogens (tertiary/aromatic N) is 2. The molecule has 0 N–H and O–H groups in total. The Hall–Kier alpha value is -3.53. The minimum absolute atomic E-state index is 0.342. The van der Waals surface area contributed by atoms with Gasteiger partial charge in [-0.2, -0.15) is 36.9 Å². The summed E-state index contributed by atoms with van der Waals surface area (Å²) in [5.41, 5.74) is -5.38. The summed E-state index contributed by atoms with van der Waals surface area (Å²) in [5.74, 6) is -1.29. The molecule has 0 aromatic heterocycles. The Kier molecular flexibility index (Phi) is 5.37. The van der Waals surface area contributed by atoms with Crippen LogP contribution in [-0.4, -0.2) is 5.97 Å². The summed E-state index contributed by atoms with van der Waals surface area (Å²) in [6.07, 6.45) is -9.29. The van der Waals surface area contributed by atoms with Gasteiger partial charge in [0.2, 0.25) is 0 Å². The van der Waals surface area contributed by atoms with Crippen LogP contribution in [0.15, 0.2) is 48.5 Å². The Balaban J connectivity index is 2.33. The van der Waals surface area contributed by atoms with Crippen molar-refractivity contribution in [1.82, 2.24) is 0 Å². The van der Waals surface area contributed by atoms with Gasteiger partial charge in [-0.15, -0.1) is 0 Å². The summed E-state index contributed by atoms with van der Waals surface area (Å²) in [5, 5.41) is 18.6. The van der Waals surface area contributed by atoms with Crippen molar-refractivity contribution in [1.29, 1.82) is 10.5 Å². The van der Waals surface area contributed by atoms with Gasteiger partial charge in [-0.3, -0.25) is 0 Å². The molecular formula is C18H8F6N2O2. The lowest BCUT2D eigenvalue weighted by Crippen LogP contribution is -2.29. The van der Waals surface area contributed by atoms with Crippen molar-refractivity contribution in [3.05, 3.63) is 70.8 Å². The number of nitriles is 2. The van der Waals surface area contributed by atoms with Crippen LogP contribution in [0.25, 0.3) is 0 Å². The number of carbonyl (C=O) groups is 1. The van der Waals surface area contributed by atoms with E-state index in [0.29, 0.717) is 24.3 Å². The van der Waals surface area contributed by atoms with Gasteiger partial charge in [-0.05, 0) is 36.4 Å². The molecule has 0 bridgehead atoms. The van der Waals surface area contributed by atoms with Crippen molar-refractivity contribution in [3.8, 4) is 12.1 Å². The second kappa shape index (κ2) is 7.24. The maximum Gasteiger partial charge on any atom is 0.416 e. The molecule has 2 aromatic rings. The minimum atomic E-state index is -4.66. The van der Waals surface area contributed by atoms with Gasteiger partial charge in [0, 0.05) is 5.56 Å². The molecule has 0 spiro atoms. The van der Waals surface area contributed by atoms with Gasteiger partial charge in [0.1, 0.15) is 12.1 Å². The molecule has 0 aliphatic rings. The zero-order valence-electron chi connectivity index (χ0n) is 13.6. The van der Waals surface area contributed by atoms with Crippen molar-refractivity contribution in [2.75, 3.05) is 0 Å². The van der Waals surface area contributed by atoms with E-state index in [1.165, 1.54) is 12.1 Å². The molecule has 144 valence electrons. The van der Waals surface area contributed by atoms with E-state index in [1.54, 1.807) is 0 Å². The molecule has 0 saturated carbocycles. The van der Waals surface area contributed by atoms with Crippen LogP contribution in [0.2, 0.25) is 0 Å². The summed E-state index contributed by atoms with van der Waals surface area (Å²) in [7, 11) is 0. The summed E-state index contributed by atoms with van der Waals surface area (Å²) in [4.78, 5) is 12.2. The standard InChI is InChI=1S/C18H8F6N2O2/c19-17(20,21)13-3-1-11(2-4-13)15(27)28-16(9-25,10-26)12-5-7-14(8-6-12)18(22,23)24/h1-8H. The van der Waals surface area contributed by atoms with Crippen molar-refractivity contribution in [2.45, 2.75) is 18.0 Å². The first-order chi connectivity index (χ1) is 12.9. The zero-order chi connectivity index (χ0) is 21.2. The van der Waals surface area contributed by atoms with E-state index in [1.807, 2.05) is 0 Å². The predicted molar refractivity (Wildman–Crippen MR) is 81.2 cm³/mol. The molecule has 10 heteroatoms. The van der Waals surface area contributed by atoms with Crippen LogP contribution in [0.5, 0.6) is 0 Å². The monoisotopic (exact) mass is 398 g/mol. The van der Waals surface area contributed by atoms with Crippen LogP contribution in [0, 0.1) is 22.7 Å². The van der Waals surface area contributed by atoms with E-state index < -0.39 is 35.0 Å². The molecule has 2 aromatic carbocycles. The third-order valence-electron chi connectivity index (χ3n) is 3.63. The SMILES string of the molecule is N#CC(C#N)(OC(=O)c1ccc(C(F)(F)F)cc1)c1ccc(C(F)(F)F)cc1. The molecule has 0 fully saturated rings. The average molecular weight is 398 g/mol. The zero-order valence-corrected chi connectivity index (χ0v) is 13.6. The Morgan fingerprint density at radius 1 is 0.714 bits per heavy atom. The maximum absolute atomic E-state index is 12.6. The highest BCUT2D eigenvalue weighted by Gasteiger charge is 2.39. The Morgan fingerprint density at radius 3 is 1.43 bits per heavy atom. The fourth-order valence-electron chi connectivity index (χ4n) is 2.15. The number of rotatable bonds is 3. The molecule has 0 saturated heterocycles. The largest absolute Gasteiger partial charge is 0.422 e. The lowest BCUT2D eigenvalue weighted by Gasteiger charge is -2.20. The van der Waals surface area contributed by atoms with E-state index in [0.717, 1.165) is 24.3 Å². The number of alkyl halides is 6. The first-order valence-corrected chi connectivity index (χ1v) is 7.34. The fraction of sp³-hybridized carbons (Fsp3) is 0.167. The molecular weight excluding hydrogens is 390 g/mol. The fourth-order valence-corrected chi connectivity index (χ4v) is 2.15. The summed E-state index contributed by atoms with van der Waals surface area (Å²) < 4.78 is 80.4. The van der Waals surface area contributed by atoms with Crippen molar-refractivity contribution >= 4 is 5.97 Å². The second-order valence-corrected chi connectivity index (χ2v) is 5.44. The van der Waals surface area contributed by atoms with Gasteiger partial charge in [-0.1, -0.05) is 12.1 Å². The Bertz CT molecular complexity index is 935. The molecule has 0 unspecified atom stereocenters. The van der Waals surface area contributed by atoms with Crippen LogP contribution in [-0.2, 0) is 22.7 Å². The highest BCUT2D eigenvalue weighted by Crippen LogP contribution is 2.33. The number of carbonyl (C=O) groups excluding carboxylic acids is 1. The second-order valence-electron chi connectivity index (χ2n) is 5.44. The van der Waals surface area contributed by atoms with Gasteiger partial charge in [-0.25, -0.2) is 4.79 Å². The predicted octanol–water partition coefficient (Wildman–Crippen LogP) is 4.82. The molecule has 0 heterocycles. The van der Waals surface area contributed by atoms with Gasteiger partial charge in [0.25, 0.3) is 0 Å². The average Bonchev–Trinajstić information content (AvgIpc) is 2.65. The Morgan fingerprint density at radius 2 is 1.07 bits per heavy atom. The number of hydrogen-bond donors (Lipinski definition) is 0. The van der Waals surface area contributed by atoms with Crippen molar-refractivity contribution in [3.63, 3.8) is 0 Å². The summed E-state index contributed by atoms with van der Waals surface area (Å²) >= 11 is 0. The highest BCUT2D eigenvalue weighted by atomic mass is 19.4. The summed E-state index contributed by atoms with van der Waals surface area (Å²) in [6.45, 7) is 0. The summed E-state index contributed by atoms with van der Waals surface area (Å²) in [6, 6.07) is 8.42. The van der Waals surface area contributed by atoms with Gasteiger partial charge >= 0.3 is 23.9 Å².